The number of amides is 2. The van der Waals surface area contributed by atoms with E-state index in [1.54, 1.807) is 0 Å². The molecule has 168 valence electrons. The molecule has 2 aromatic rings. The van der Waals surface area contributed by atoms with Gasteiger partial charge in [-0.2, -0.15) is 4.98 Å². The van der Waals surface area contributed by atoms with Gasteiger partial charge in [0.25, 0.3) is 5.56 Å². The minimum Gasteiger partial charge on any atom is -0.356 e. The van der Waals surface area contributed by atoms with Crippen LogP contribution in [0.25, 0.3) is 10.3 Å². The van der Waals surface area contributed by atoms with Gasteiger partial charge in [-0.25, -0.2) is 4.98 Å². The number of fused-ring (bicyclic) bond motifs is 1. The van der Waals surface area contributed by atoms with Crippen molar-refractivity contribution in [2.24, 2.45) is 5.92 Å². The maximum Gasteiger partial charge on any atom is 0.273 e. The molecule has 1 aliphatic carbocycles. The van der Waals surface area contributed by atoms with Crippen molar-refractivity contribution in [3.8, 4) is 0 Å². The summed E-state index contributed by atoms with van der Waals surface area (Å²) in [6, 6.07) is 0.209. The average molecular weight is 447 g/mol. The SMILES string of the molecule is CCNC(=O)[C@@H]1CCCN(c2nc3ncn(CC(=O)NC4CCCCC4)c(=O)c3s2)C1. The van der Waals surface area contributed by atoms with Crippen molar-refractivity contribution < 1.29 is 9.59 Å². The number of hydrogen-bond donors (Lipinski definition) is 2. The quantitative estimate of drug-likeness (QED) is 0.698. The van der Waals surface area contributed by atoms with E-state index < -0.39 is 0 Å². The summed E-state index contributed by atoms with van der Waals surface area (Å²) < 4.78 is 1.80. The highest BCUT2D eigenvalue weighted by atomic mass is 32.1. The zero-order chi connectivity index (χ0) is 21.8. The van der Waals surface area contributed by atoms with Crippen LogP contribution in [0.1, 0.15) is 51.9 Å². The Morgan fingerprint density at radius 1 is 1.19 bits per heavy atom. The van der Waals surface area contributed by atoms with Gasteiger partial charge in [0.1, 0.15) is 17.6 Å². The summed E-state index contributed by atoms with van der Waals surface area (Å²) >= 11 is 1.29. The predicted molar refractivity (Wildman–Crippen MR) is 120 cm³/mol. The van der Waals surface area contributed by atoms with Crippen LogP contribution in [0.2, 0.25) is 0 Å². The molecule has 1 saturated carbocycles. The maximum atomic E-state index is 12.9. The van der Waals surface area contributed by atoms with Gasteiger partial charge in [0.05, 0.1) is 5.92 Å². The van der Waals surface area contributed by atoms with E-state index in [2.05, 4.69) is 25.5 Å². The monoisotopic (exact) mass is 446 g/mol. The van der Waals surface area contributed by atoms with Crippen molar-refractivity contribution in [1.82, 2.24) is 25.2 Å². The molecule has 0 spiro atoms. The second-order valence-electron chi connectivity index (χ2n) is 8.41. The van der Waals surface area contributed by atoms with E-state index in [0.717, 1.165) is 45.1 Å². The number of aromatic nitrogens is 3. The average Bonchev–Trinajstić information content (AvgIpc) is 3.22. The first-order chi connectivity index (χ1) is 15.0. The van der Waals surface area contributed by atoms with Crippen LogP contribution >= 0.6 is 11.3 Å². The second kappa shape index (κ2) is 9.76. The highest BCUT2D eigenvalue weighted by Crippen LogP contribution is 2.29. The smallest absolute Gasteiger partial charge is 0.273 e. The van der Waals surface area contributed by atoms with Gasteiger partial charge in [0.2, 0.25) is 11.8 Å². The van der Waals surface area contributed by atoms with Crippen molar-refractivity contribution in [2.45, 2.75) is 64.5 Å². The molecule has 4 rings (SSSR count). The van der Waals surface area contributed by atoms with E-state index in [4.69, 9.17) is 0 Å². The molecule has 1 saturated heterocycles. The van der Waals surface area contributed by atoms with Crippen LogP contribution < -0.4 is 21.1 Å². The molecular formula is C21H30N6O3S. The summed E-state index contributed by atoms with van der Waals surface area (Å²) in [5.74, 6) is -0.160. The molecule has 2 amide bonds. The van der Waals surface area contributed by atoms with E-state index >= 15 is 0 Å². The van der Waals surface area contributed by atoms with Crippen molar-refractivity contribution in [2.75, 3.05) is 24.5 Å². The summed E-state index contributed by atoms with van der Waals surface area (Å²) in [4.78, 5) is 48.5. The summed E-state index contributed by atoms with van der Waals surface area (Å²) in [5.41, 5.74) is 0.152. The lowest BCUT2D eigenvalue weighted by Gasteiger charge is -2.31. The number of rotatable bonds is 6. The van der Waals surface area contributed by atoms with Crippen LogP contribution in [0.15, 0.2) is 11.1 Å². The fourth-order valence-corrected chi connectivity index (χ4v) is 5.45. The first-order valence-electron chi connectivity index (χ1n) is 11.2. The molecule has 1 aliphatic heterocycles. The number of piperidine rings is 1. The lowest BCUT2D eigenvalue weighted by Crippen LogP contribution is -2.43. The molecule has 2 aliphatic rings. The van der Waals surface area contributed by atoms with Gasteiger partial charge in [0.15, 0.2) is 10.8 Å². The Morgan fingerprint density at radius 3 is 2.77 bits per heavy atom. The Kier molecular flexibility index (Phi) is 6.84. The molecular weight excluding hydrogens is 416 g/mol. The number of nitrogens with one attached hydrogen (secondary N) is 2. The maximum absolute atomic E-state index is 12.9. The Balaban J connectivity index is 1.47. The number of carbonyl (C=O) groups excluding carboxylic acids is 2. The third-order valence-electron chi connectivity index (χ3n) is 6.07. The normalized spacial score (nSPS) is 20.0. The van der Waals surface area contributed by atoms with Crippen molar-refractivity contribution >= 4 is 38.6 Å². The highest BCUT2D eigenvalue weighted by Gasteiger charge is 2.27. The zero-order valence-corrected chi connectivity index (χ0v) is 18.7. The van der Waals surface area contributed by atoms with Crippen LogP contribution in [-0.4, -0.2) is 52.0 Å². The summed E-state index contributed by atoms with van der Waals surface area (Å²) in [6.45, 7) is 3.89. The van der Waals surface area contributed by atoms with Crippen LogP contribution in [-0.2, 0) is 16.1 Å². The van der Waals surface area contributed by atoms with Gasteiger partial charge in [0, 0.05) is 25.7 Å². The van der Waals surface area contributed by atoms with Gasteiger partial charge < -0.3 is 15.5 Å². The number of carbonyl (C=O) groups is 2. The third-order valence-corrected chi connectivity index (χ3v) is 7.16. The Labute approximate surface area is 185 Å². The molecule has 2 N–H and O–H groups in total. The number of nitrogens with zero attached hydrogens (tertiary/aromatic N) is 4. The number of thiazole rings is 1. The van der Waals surface area contributed by atoms with Crippen LogP contribution in [0, 0.1) is 5.92 Å². The third kappa shape index (κ3) is 5.06. The van der Waals surface area contributed by atoms with Crippen LogP contribution in [0.5, 0.6) is 0 Å². The Hall–Kier alpha value is -2.49. The fraction of sp³-hybridized carbons (Fsp3) is 0.667. The standard InChI is InChI=1S/C21H30N6O3S/c1-2-22-19(29)14-7-6-10-26(11-14)21-25-18-17(31-21)20(30)27(13-23-18)12-16(28)24-15-8-4-3-5-9-15/h13-15H,2-12H2,1H3,(H,22,29)(H,24,28)/t14-/m1/s1. The topological polar surface area (TPSA) is 109 Å². The lowest BCUT2D eigenvalue weighted by atomic mass is 9.95. The molecule has 9 nitrogen and oxygen atoms in total. The molecule has 0 radical (unpaired) electrons. The van der Waals surface area contributed by atoms with Crippen LogP contribution in [0.3, 0.4) is 0 Å². The fourth-order valence-electron chi connectivity index (χ4n) is 4.44. The second-order valence-corrected chi connectivity index (χ2v) is 9.39. The van der Waals surface area contributed by atoms with Gasteiger partial charge in [-0.1, -0.05) is 30.6 Å². The summed E-state index contributed by atoms with van der Waals surface area (Å²) in [6.07, 6.45) is 8.67. The van der Waals surface area contributed by atoms with E-state index in [9.17, 15) is 14.4 Å². The van der Waals surface area contributed by atoms with Gasteiger partial charge in [-0.05, 0) is 32.6 Å². The van der Waals surface area contributed by atoms with Crippen molar-refractivity contribution in [3.63, 3.8) is 0 Å². The van der Waals surface area contributed by atoms with Crippen molar-refractivity contribution in [1.29, 1.82) is 0 Å². The number of anilines is 1. The minimum absolute atomic E-state index is 0.0332. The highest BCUT2D eigenvalue weighted by molar-refractivity contribution is 7.22. The number of hydrogen-bond acceptors (Lipinski definition) is 7. The molecule has 2 fully saturated rings. The molecule has 10 heteroatoms. The van der Waals surface area contributed by atoms with E-state index in [1.165, 1.54) is 28.7 Å². The predicted octanol–water partition coefficient (Wildman–Crippen LogP) is 1.65. The van der Waals surface area contributed by atoms with Gasteiger partial charge >= 0.3 is 0 Å². The first-order valence-corrected chi connectivity index (χ1v) is 12.0. The van der Waals surface area contributed by atoms with Gasteiger partial charge in [-0.3, -0.25) is 19.0 Å². The zero-order valence-electron chi connectivity index (χ0n) is 17.9. The molecule has 0 unspecified atom stereocenters. The molecule has 2 aromatic heterocycles. The van der Waals surface area contributed by atoms with E-state index in [0.29, 0.717) is 28.6 Å². The lowest BCUT2D eigenvalue weighted by molar-refractivity contribution is -0.125. The van der Waals surface area contributed by atoms with Gasteiger partial charge in [-0.15, -0.1) is 0 Å². The molecule has 3 heterocycles. The summed E-state index contributed by atoms with van der Waals surface area (Å²) in [5, 5.41) is 6.64. The van der Waals surface area contributed by atoms with Crippen LogP contribution in [0.4, 0.5) is 5.13 Å². The van der Waals surface area contributed by atoms with Crippen molar-refractivity contribution in [3.05, 3.63) is 16.7 Å². The molecule has 31 heavy (non-hydrogen) atoms. The van der Waals surface area contributed by atoms with E-state index in [-0.39, 0.29) is 35.9 Å². The molecule has 1 atom stereocenters. The Bertz CT molecular complexity index is 997. The minimum atomic E-state index is -0.246. The molecule has 0 bridgehead atoms. The summed E-state index contributed by atoms with van der Waals surface area (Å²) in [7, 11) is 0. The van der Waals surface area contributed by atoms with E-state index in [1.807, 2.05) is 6.92 Å². The first kappa shape index (κ1) is 21.7. The Morgan fingerprint density at radius 2 is 2.00 bits per heavy atom. The largest absolute Gasteiger partial charge is 0.356 e. The molecule has 0 aromatic carbocycles.